The molecule has 1 aromatic carbocycles. The summed E-state index contributed by atoms with van der Waals surface area (Å²) < 4.78 is 5.14. The van der Waals surface area contributed by atoms with Crippen LogP contribution in [0.3, 0.4) is 0 Å². The van der Waals surface area contributed by atoms with Gasteiger partial charge in [-0.1, -0.05) is 11.6 Å². The highest BCUT2D eigenvalue weighted by molar-refractivity contribution is 5.91. The van der Waals surface area contributed by atoms with Gasteiger partial charge in [-0.2, -0.15) is 0 Å². The van der Waals surface area contributed by atoms with E-state index in [1.807, 2.05) is 30.5 Å². The van der Waals surface area contributed by atoms with Gasteiger partial charge in [-0.15, -0.1) is 0 Å². The lowest BCUT2D eigenvalue weighted by Gasteiger charge is -2.10. The van der Waals surface area contributed by atoms with Gasteiger partial charge in [0.05, 0.1) is 12.6 Å². The first-order valence-electron chi connectivity index (χ1n) is 6.84. The molecule has 2 aromatic heterocycles. The molecule has 2 heterocycles. The second-order valence-electron chi connectivity index (χ2n) is 4.94. The topological polar surface area (TPSA) is 47.0 Å². The van der Waals surface area contributed by atoms with Crippen LogP contribution < -0.4 is 10.1 Å². The number of hydrogen-bond donors (Lipinski definition) is 1. The van der Waals surface area contributed by atoms with E-state index in [0.717, 1.165) is 22.2 Å². The molecule has 4 nitrogen and oxygen atoms in total. The van der Waals surface area contributed by atoms with Gasteiger partial charge in [0.15, 0.2) is 0 Å². The summed E-state index contributed by atoms with van der Waals surface area (Å²) in [5.41, 5.74) is 4.43. The number of pyridine rings is 2. The highest BCUT2D eigenvalue weighted by Crippen LogP contribution is 2.23. The lowest BCUT2D eigenvalue weighted by molar-refractivity contribution is 0.397. The number of methoxy groups -OCH3 is 1. The maximum absolute atomic E-state index is 5.14. The molecule has 3 rings (SSSR count). The number of nitrogens with zero attached hydrogens (tertiary/aromatic N) is 2. The molecule has 0 radical (unpaired) electrons. The summed E-state index contributed by atoms with van der Waals surface area (Å²) in [5, 5.41) is 4.60. The summed E-state index contributed by atoms with van der Waals surface area (Å²) in [4.78, 5) is 8.51. The van der Waals surface area contributed by atoms with Crippen LogP contribution in [0.5, 0.6) is 5.88 Å². The summed E-state index contributed by atoms with van der Waals surface area (Å²) in [6.07, 6.45) is 3.58. The molecule has 0 atom stereocenters. The van der Waals surface area contributed by atoms with Crippen LogP contribution in [-0.4, -0.2) is 17.1 Å². The number of aryl methyl sites for hydroxylation is 1. The summed E-state index contributed by atoms with van der Waals surface area (Å²) >= 11 is 0. The Morgan fingerprint density at radius 3 is 2.76 bits per heavy atom. The fourth-order valence-electron chi connectivity index (χ4n) is 2.28. The van der Waals surface area contributed by atoms with Gasteiger partial charge in [-0.05, 0) is 36.8 Å². The molecule has 0 spiro atoms. The largest absolute Gasteiger partial charge is 0.481 e. The van der Waals surface area contributed by atoms with Crippen molar-refractivity contribution in [1.29, 1.82) is 0 Å². The monoisotopic (exact) mass is 279 g/mol. The first-order valence-corrected chi connectivity index (χ1v) is 6.84. The fourth-order valence-corrected chi connectivity index (χ4v) is 2.28. The van der Waals surface area contributed by atoms with Crippen molar-refractivity contribution < 1.29 is 4.74 Å². The molecule has 0 bridgehead atoms. The van der Waals surface area contributed by atoms with Crippen molar-refractivity contribution in [2.45, 2.75) is 13.5 Å². The molecule has 0 unspecified atom stereocenters. The van der Waals surface area contributed by atoms with Crippen LogP contribution in [0, 0.1) is 6.92 Å². The molecule has 106 valence electrons. The Morgan fingerprint density at radius 1 is 1.05 bits per heavy atom. The predicted octanol–water partition coefficient (Wildman–Crippen LogP) is 3.56. The van der Waals surface area contributed by atoms with Gasteiger partial charge >= 0.3 is 0 Å². The average molecular weight is 279 g/mol. The quantitative estimate of drug-likeness (QED) is 0.793. The van der Waals surface area contributed by atoms with Gasteiger partial charge in [-0.25, -0.2) is 4.98 Å². The lowest BCUT2D eigenvalue weighted by atomic mass is 10.1. The third kappa shape index (κ3) is 2.94. The van der Waals surface area contributed by atoms with Gasteiger partial charge in [0.1, 0.15) is 0 Å². The van der Waals surface area contributed by atoms with E-state index in [4.69, 9.17) is 4.74 Å². The number of rotatable bonds is 4. The number of hydrogen-bond acceptors (Lipinski definition) is 4. The van der Waals surface area contributed by atoms with Crippen LogP contribution in [0.25, 0.3) is 10.9 Å². The third-order valence-electron chi connectivity index (χ3n) is 3.39. The van der Waals surface area contributed by atoms with Crippen molar-refractivity contribution >= 4 is 16.6 Å². The minimum atomic E-state index is 0.629. The van der Waals surface area contributed by atoms with Crippen LogP contribution in [0.4, 0.5) is 5.69 Å². The predicted molar refractivity (Wildman–Crippen MR) is 84.6 cm³/mol. The number of nitrogens with one attached hydrogen (secondary N) is 1. The zero-order valence-corrected chi connectivity index (χ0v) is 12.1. The van der Waals surface area contributed by atoms with Gasteiger partial charge in [0, 0.05) is 36.1 Å². The Balaban J connectivity index is 1.86. The maximum atomic E-state index is 5.14. The van der Waals surface area contributed by atoms with Crippen LogP contribution in [0.2, 0.25) is 0 Å². The molecule has 0 aliphatic rings. The molecule has 0 saturated heterocycles. The number of ether oxygens (including phenoxy) is 1. The van der Waals surface area contributed by atoms with E-state index in [2.05, 4.69) is 34.3 Å². The molecular formula is C17H17N3O. The second kappa shape index (κ2) is 5.79. The fraction of sp³-hybridized carbons (Fsp3) is 0.176. The van der Waals surface area contributed by atoms with Crippen LogP contribution in [-0.2, 0) is 6.54 Å². The number of benzene rings is 1. The van der Waals surface area contributed by atoms with E-state index in [0.29, 0.717) is 12.4 Å². The summed E-state index contributed by atoms with van der Waals surface area (Å²) in [7, 11) is 1.62. The summed E-state index contributed by atoms with van der Waals surface area (Å²) in [6.45, 7) is 2.80. The molecular weight excluding hydrogens is 262 g/mol. The van der Waals surface area contributed by atoms with Gasteiger partial charge in [0.2, 0.25) is 5.88 Å². The molecule has 0 saturated carbocycles. The highest BCUT2D eigenvalue weighted by atomic mass is 16.5. The Kier molecular flexibility index (Phi) is 3.69. The van der Waals surface area contributed by atoms with Crippen LogP contribution in [0.1, 0.15) is 11.1 Å². The Bertz CT molecular complexity index is 771. The van der Waals surface area contributed by atoms with Crippen molar-refractivity contribution in [2.75, 3.05) is 12.4 Å². The van der Waals surface area contributed by atoms with Crippen molar-refractivity contribution in [3.63, 3.8) is 0 Å². The SMILES string of the molecule is COc1cc(CNc2ccnc3ccc(C)cc23)ccn1. The minimum Gasteiger partial charge on any atom is -0.481 e. The first kappa shape index (κ1) is 13.4. The summed E-state index contributed by atoms with van der Waals surface area (Å²) in [6, 6.07) is 12.2. The number of anilines is 1. The highest BCUT2D eigenvalue weighted by Gasteiger charge is 2.03. The molecule has 1 N–H and O–H groups in total. The molecule has 3 aromatic rings. The van der Waals surface area contributed by atoms with E-state index < -0.39 is 0 Å². The number of aromatic nitrogens is 2. The van der Waals surface area contributed by atoms with E-state index >= 15 is 0 Å². The maximum Gasteiger partial charge on any atom is 0.213 e. The van der Waals surface area contributed by atoms with Crippen molar-refractivity contribution in [3.05, 3.63) is 59.9 Å². The standard InChI is InChI=1S/C17H17N3O/c1-12-3-4-15-14(9-12)16(6-8-18-15)20-11-13-5-7-19-17(10-13)21-2/h3-10H,11H2,1-2H3,(H,18,20). The van der Waals surface area contributed by atoms with Crippen molar-refractivity contribution in [1.82, 2.24) is 9.97 Å². The zero-order chi connectivity index (χ0) is 14.7. The van der Waals surface area contributed by atoms with Crippen LogP contribution >= 0.6 is 0 Å². The Hall–Kier alpha value is -2.62. The van der Waals surface area contributed by atoms with Crippen molar-refractivity contribution in [3.8, 4) is 5.88 Å². The van der Waals surface area contributed by atoms with E-state index in [1.54, 1.807) is 13.3 Å². The molecule has 0 aliphatic heterocycles. The second-order valence-corrected chi connectivity index (χ2v) is 4.94. The van der Waals surface area contributed by atoms with Gasteiger partial charge < -0.3 is 10.1 Å². The zero-order valence-electron chi connectivity index (χ0n) is 12.1. The van der Waals surface area contributed by atoms with E-state index in [1.165, 1.54) is 5.56 Å². The third-order valence-corrected chi connectivity index (χ3v) is 3.39. The minimum absolute atomic E-state index is 0.629. The van der Waals surface area contributed by atoms with Gasteiger partial charge in [-0.3, -0.25) is 4.98 Å². The Labute approximate surface area is 123 Å². The lowest BCUT2D eigenvalue weighted by Crippen LogP contribution is -2.01. The average Bonchev–Trinajstić information content (AvgIpc) is 2.53. The normalized spacial score (nSPS) is 10.6. The van der Waals surface area contributed by atoms with E-state index in [9.17, 15) is 0 Å². The number of fused-ring (bicyclic) bond motifs is 1. The molecule has 0 fully saturated rings. The van der Waals surface area contributed by atoms with Crippen LogP contribution in [0.15, 0.2) is 48.8 Å². The molecule has 0 amide bonds. The Morgan fingerprint density at radius 2 is 1.90 bits per heavy atom. The molecule has 21 heavy (non-hydrogen) atoms. The molecule has 0 aliphatic carbocycles. The molecule has 4 heteroatoms. The smallest absolute Gasteiger partial charge is 0.213 e. The first-order chi connectivity index (χ1) is 10.3. The van der Waals surface area contributed by atoms with E-state index in [-0.39, 0.29) is 0 Å². The van der Waals surface area contributed by atoms with Crippen molar-refractivity contribution in [2.24, 2.45) is 0 Å². The summed E-state index contributed by atoms with van der Waals surface area (Å²) in [5.74, 6) is 0.629. The van der Waals surface area contributed by atoms with Gasteiger partial charge in [0.25, 0.3) is 0 Å².